The molecule has 0 bridgehead atoms. The van der Waals surface area contributed by atoms with Crippen LogP contribution in [0.4, 0.5) is 0 Å². The number of carbonyl (C=O) groups excluding carboxylic acids is 1. The number of amides is 1. The molecule has 0 spiro atoms. The van der Waals surface area contributed by atoms with Crippen molar-refractivity contribution in [1.29, 1.82) is 0 Å². The number of imidazole rings is 1. The first-order valence-electron chi connectivity index (χ1n) is 8.11. The molecule has 1 amide bonds. The number of likely N-dealkylation sites (tertiary alicyclic amines) is 1. The number of methoxy groups -OCH3 is 1. The van der Waals surface area contributed by atoms with Crippen molar-refractivity contribution in [3.05, 3.63) is 59.9 Å². The summed E-state index contributed by atoms with van der Waals surface area (Å²) in [6.45, 7) is 1.54. The molecule has 1 aliphatic rings. The number of nitrogens with one attached hydrogen (secondary N) is 1. The van der Waals surface area contributed by atoms with Crippen LogP contribution in [0.5, 0.6) is 5.75 Å². The summed E-state index contributed by atoms with van der Waals surface area (Å²) in [4.78, 5) is 21.9. The molecule has 5 nitrogen and oxygen atoms in total. The molecule has 0 unspecified atom stereocenters. The van der Waals surface area contributed by atoms with Crippen molar-refractivity contribution >= 4 is 16.9 Å². The Kier molecular flexibility index (Phi) is 3.69. The van der Waals surface area contributed by atoms with E-state index in [1.54, 1.807) is 13.4 Å². The Labute approximate surface area is 140 Å². The van der Waals surface area contributed by atoms with Crippen molar-refractivity contribution in [3.8, 4) is 5.75 Å². The van der Waals surface area contributed by atoms with Gasteiger partial charge in [0.2, 0.25) is 0 Å². The topological polar surface area (TPSA) is 58.2 Å². The summed E-state index contributed by atoms with van der Waals surface area (Å²) in [6.07, 6.45) is 2.64. The standard InChI is InChI=1S/C19H19N3O2/c1-24-16-5-2-13(3-6-16)15-8-9-22(11-15)19(23)14-4-7-17-18(10-14)21-12-20-17/h2-7,10,12,15H,8-9,11H2,1H3,(H,20,21)/t15-/m1/s1. The molecule has 0 saturated carbocycles. The van der Waals surface area contributed by atoms with Crippen LogP contribution in [0.15, 0.2) is 48.8 Å². The molecule has 4 rings (SSSR count). The number of fused-ring (bicyclic) bond motifs is 1. The summed E-state index contributed by atoms with van der Waals surface area (Å²) in [6, 6.07) is 13.8. The predicted octanol–water partition coefficient (Wildman–Crippen LogP) is 3.20. The van der Waals surface area contributed by atoms with Gasteiger partial charge in [-0.25, -0.2) is 4.98 Å². The van der Waals surface area contributed by atoms with E-state index in [-0.39, 0.29) is 5.91 Å². The van der Waals surface area contributed by atoms with Crippen molar-refractivity contribution in [2.24, 2.45) is 0 Å². The zero-order valence-electron chi connectivity index (χ0n) is 13.5. The van der Waals surface area contributed by atoms with E-state index in [4.69, 9.17) is 4.74 Å². The Hall–Kier alpha value is -2.82. The first-order valence-corrected chi connectivity index (χ1v) is 8.11. The fourth-order valence-electron chi connectivity index (χ4n) is 3.34. The van der Waals surface area contributed by atoms with Crippen LogP contribution >= 0.6 is 0 Å². The molecular formula is C19H19N3O2. The van der Waals surface area contributed by atoms with Crippen LogP contribution in [-0.2, 0) is 0 Å². The summed E-state index contributed by atoms with van der Waals surface area (Å²) in [5, 5.41) is 0. The van der Waals surface area contributed by atoms with E-state index in [1.807, 2.05) is 35.2 Å². The molecule has 1 saturated heterocycles. The summed E-state index contributed by atoms with van der Waals surface area (Å²) < 4.78 is 5.20. The second kappa shape index (κ2) is 6.00. The molecule has 1 aromatic heterocycles. The molecular weight excluding hydrogens is 302 g/mol. The SMILES string of the molecule is COc1ccc([C@@H]2CCN(C(=O)c3ccc4nc[nH]c4c3)C2)cc1. The van der Waals surface area contributed by atoms with Gasteiger partial charge in [-0.05, 0) is 42.3 Å². The Morgan fingerprint density at radius 1 is 1.25 bits per heavy atom. The van der Waals surface area contributed by atoms with Gasteiger partial charge in [0.15, 0.2) is 0 Å². The summed E-state index contributed by atoms with van der Waals surface area (Å²) in [7, 11) is 1.67. The first-order chi connectivity index (χ1) is 11.7. The van der Waals surface area contributed by atoms with Gasteiger partial charge < -0.3 is 14.6 Å². The third-order valence-corrected chi connectivity index (χ3v) is 4.73. The Bertz CT molecular complexity index is 870. The Balaban J connectivity index is 1.49. The maximum absolute atomic E-state index is 12.8. The van der Waals surface area contributed by atoms with E-state index >= 15 is 0 Å². The number of nitrogens with zero attached hydrogens (tertiary/aromatic N) is 2. The number of carbonyl (C=O) groups is 1. The lowest BCUT2D eigenvalue weighted by atomic mass is 9.98. The zero-order valence-corrected chi connectivity index (χ0v) is 13.5. The van der Waals surface area contributed by atoms with Gasteiger partial charge in [0, 0.05) is 24.6 Å². The van der Waals surface area contributed by atoms with Gasteiger partial charge in [-0.3, -0.25) is 4.79 Å². The average molecular weight is 321 g/mol. The number of aromatic amines is 1. The summed E-state index contributed by atoms with van der Waals surface area (Å²) in [5.41, 5.74) is 3.74. The number of rotatable bonds is 3. The van der Waals surface area contributed by atoms with Crippen molar-refractivity contribution in [2.75, 3.05) is 20.2 Å². The molecule has 24 heavy (non-hydrogen) atoms. The van der Waals surface area contributed by atoms with E-state index in [0.717, 1.165) is 36.3 Å². The lowest BCUT2D eigenvalue weighted by Gasteiger charge is -2.17. The van der Waals surface area contributed by atoms with Crippen LogP contribution in [0.25, 0.3) is 11.0 Å². The van der Waals surface area contributed by atoms with E-state index in [9.17, 15) is 4.79 Å². The number of H-pyrrole nitrogens is 1. The number of ether oxygens (including phenoxy) is 1. The third-order valence-electron chi connectivity index (χ3n) is 4.73. The normalized spacial score (nSPS) is 17.4. The molecule has 2 heterocycles. The lowest BCUT2D eigenvalue weighted by Crippen LogP contribution is -2.28. The van der Waals surface area contributed by atoms with E-state index in [0.29, 0.717) is 11.5 Å². The number of benzene rings is 2. The van der Waals surface area contributed by atoms with E-state index in [2.05, 4.69) is 22.1 Å². The largest absolute Gasteiger partial charge is 0.497 e. The third kappa shape index (κ3) is 2.62. The van der Waals surface area contributed by atoms with Crippen LogP contribution in [-0.4, -0.2) is 41.0 Å². The molecule has 122 valence electrons. The first kappa shape index (κ1) is 14.8. The molecule has 2 aromatic carbocycles. The molecule has 1 N–H and O–H groups in total. The minimum atomic E-state index is 0.0857. The highest BCUT2D eigenvalue weighted by atomic mass is 16.5. The minimum absolute atomic E-state index is 0.0857. The highest BCUT2D eigenvalue weighted by Crippen LogP contribution is 2.29. The van der Waals surface area contributed by atoms with E-state index < -0.39 is 0 Å². The Morgan fingerprint density at radius 2 is 2.08 bits per heavy atom. The quantitative estimate of drug-likeness (QED) is 0.806. The molecule has 1 fully saturated rings. The number of hydrogen-bond acceptors (Lipinski definition) is 3. The van der Waals surface area contributed by atoms with Crippen LogP contribution in [0.2, 0.25) is 0 Å². The second-order valence-corrected chi connectivity index (χ2v) is 6.14. The predicted molar refractivity (Wildman–Crippen MR) is 92.3 cm³/mol. The van der Waals surface area contributed by atoms with Crippen LogP contribution in [0.3, 0.4) is 0 Å². The van der Waals surface area contributed by atoms with E-state index in [1.165, 1.54) is 5.56 Å². The van der Waals surface area contributed by atoms with Gasteiger partial charge in [-0.15, -0.1) is 0 Å². The lowest BCUT2D eigenvalue weighted by molar-refractivity contribution is 0.0791. The second-order valence-electron chi connectivity index (χ2n) is 6.14. The molecule has 0 aliphatic carbocycles. The summed E-state index contributed by atoms with van der Waals surface area (Å²) >= 11 is 0. The molecule has 1 atom stereocenters. The summed E-state index contributed by atoms with van der Waals surface area (Å²) in [5.74, 6) is 1.33. The number of hydrogen-bond donors (Lipinski definition) is 1. The van der Waals surface area contributed by atoms with Crippen LogP contribution in [0, 0.1) is 0 Å². The van der Waals surface area contributed by atoms with Crippen molar-refractivity contribution in [1.82, 2.24) is 14.9 Å². The van der Waals surface area contributed by atoms with Crippen molar-refractivity contribution < 1.29 is 9.53 Å². The fraction of sp³-hybridized carbons (Fsp3) is 0.263. The molecule has 1 aliphatic heterocycles. The van der Waals surface area contributed by atoms with Gasteiger partial charge in [0.05, 0.1) is 24.5 Å². The van der Waals surface area contributed by atoms with Gasteiger partial charge in [0.1, 0.15) is 5.75 Å². The zero-order chi connectivity index (χ0) is 16.5. The smallest absolute Gasteiger partial charge is 0.253 e. The van der Waals surface area contributed by atoms with Crippen LogP contribution in [0.1, 0.15) is 28.3 Å². The van der Waals surface area contributed by atoms with Gasteiger partial charge >= 0.3 is 0 Å². The molecule has 5 heteroatoms. The highest BCUT2D eigenvalue weighted by molar-refractivity contribution is 5.97. The van der Waals surface area contributed by atoms with Crippen LogP contribution < -0.4 is 4.74 Å². The fourth-order valence-corrected chi connectivity index (χ4v) is 3.34. The van der Waals surface area contributed by atoms with Gasteiger partial charge in [-0.1, -0.05) is 12.1 Å². The Morgan fingerprint density at radius 3 is 2.88 bits per heavy atom. The monoisotopic (exact) mass is 321 g/mol. The maximum Gasteiger partial charge on any atom is 0.253 e. The number of aromatic nitrogens is 2. The minimum Gasteiger partial charge on any atom is -0.497 e. The van der Waals surface area contributed by atoms with Crippen molar-refractivity contribution in [2.45, 2.75) is 12.3 Å². The average Bonchev–Trinajstić information content (AvgIpc) is 3.30. The van der Waals surface area contributed by atoms with Gasteiger partial charge in [0.25, 0.3) is 5.91 Å². The highest BCUT2D eigenvalue weighted by Gasteiger charge is 2.28. The van der Waals surface area contributed by atoms with Crippen molar-refractivity contribution in [3.63, 3.8) is 0 Å². The maximum atomic E-state index is 12.8. The molecule has 3 aromatic rings. The van der Waals surface area contributed by atoms with Gasteiger partial charge in [-0.2, -0.15) is 0 Å². The molecule has 0 radical (unpaired) electrons.